The van der Waals surface area contributed by atoms with E-state index in [0.29, 0.717) is 22.4 Å². The Labute approximate surface area is 108 Å². The van der Waals surface area contributed by atoms with Crippen LogP contribution in [-0.2, 0) is 0 Å². The van der Waals surface area contributed by atoms with Crippen LogP contribution >= 0.6 is 11.6 Å². The Morgan fingerprint density at radius 1 is 1.35 bits per heavy atom. The van der Waals surface area contributed by atoms with Gasteiger partial charge in [-0.05, 0) is 25.2 Å². The fourth-order valence-electron chi connectivity index (χ4n) is 2.55. The molecule has 1 aliphatic rings. The fraction of sp³-hybridized carbons (Fsp3) is 0.692. The van der Waals surface area contributed by atoms with E-state index in [2.05, 4.69) is 29.1 Å². The summed E-state index contributed by atoms with van der Waals surface area (Å²) in [6.45, 7) is 6.50. The van der Waals surface area contributed by atoms with E-state index < -0.39 is 0 Å². The molecule has 0 saturated heterocycles. The molecule has 2 rings (SSSR count). The monoisotopic (exact) mass is 253 g/mol. The molecule has 1 aromatic rings. The van der Waals surface area contributed by atoms with Crippen LogP contribution in [0.3, 0.4) is 0 Å². The average Bonchev–Trinajstić information content (AvgIpc) is 2.19. The van der Waals surface area contributed by atoms with E-state index in [-0.39, 0.29) is 0 Å². The molecule has 4 heteroatoms. The van der Waals surface area contributed by atoms with Gasteiger partial charge in [-0.25, -0.2) is 9.97 Å². The van der Waals surface area contributed by atoms with Crippen molar-refractivity contribution in [3.8, 4) is 0 Å². The van der Waals surface area contributed by atoms with Crippen molar-refractivity contribution >= 4 is 17.4 Å². The number of aryl methyl sites for hydroxylation is 1. The highest BCUT2D eigenvalue weighted by Gasteiger charge is 2.32. The summed E-state index contributed by atoms with van der Waals surface area (Å²) in [6.07, 6.45) is 5.09. The third-order valence-electron chi connectivity index (χ3n) is 3.64. The second-order valence-electron chi connectivity index (χ2n) is 5.55. The fourth-order valence-corrected chi connectivity index (χ4v) is 2.77. The summed E-state index contributed by atoms with van der Waals surface area (Å²) < 4.78 is 0. The highest BCUT2D eigenvalue weighted by Crippen LogP contribution is 2.37. The quantitative estimate of drug-likeness (QED) is 0.815. The lowest BCUT2D eigenvalue weighted by atomic mass is 9.73. The molecule has 1 N–H and O–H groups in total. The van der Waals surface area contributed by atoms with E-state index in [1.807, 2.05) is 6.92 Å². The molecule has 0 radical (unpaired) electrons. The summed E-state index contributed by atoms with van der Waals surface area (Å²) in [4.78, 5) is 8.47. The maximum absolute atomic E-state index is 5.95. The molecule has 0 amide bonds. The van der Waals surface area contributed by atoms with Crippen LogP contribution in [0.15, 0.2) is 6.07 Å². The zero-order chi connectivity index (χ0) is 12.5. The summed E-state index contributed by atoms with van der Waals surface area (Å²) in [7, 11) is 0. The molecule has 1 aromatic heterocycles. The first-order chi connectivity index (χ1) is 7.97. The van der Waals surface area contributed by atoms with Gasteiger partial charge in [0, 0.05) is 12.1 Å². The molecule has 1 atom stereocenters. The van der Waals surface area contributed by atoms with Crippen molar-refractivity contribution < 1.29 is 0 Å². The molecule has 1 fully saturated rings. The van der Waals surface area contributed by atoms with Gasteiger partial charge in [0.15, 0.2) is 0 Å². The topological polar surface area (TPSA) is 37.8 Å². The van der Waals surface area contributed by atoms with Crippen LogP contribution < -0.4 is 5.32 Å². The molecule has 1 heterocycles. The Morgan fingerprint density at radius 3 is 2.76 bits per heavy atom. The summed E-state index contributed by atoms with van der Waals surface area (Å²) >= 11 is 5.95. The van der Waals surface area contributed by atoms with Crippen LogP contribution in [0.1, 0.15) is 45.4 Å². The lowest BCUT2D eigenvalue weighted by Gasteiger charge is -2.39. The molecule has 0 bridgehead atoms. The summed E-state index contributed by atoms with van der Waals surface area (Å²) in [5.74, 6) is 1.57. The van der Waals surface area contributed by atoms with Crippen molar-refractivity contribution in [2.75, 3.05) is 5.32 Å². The van der Waals surface area contributed by atoms with Gasteiger partial charge >= 0.3 is 0 Å². The van der Waals surface area contributed by atoms with Crippen molar-refractivity contribution in [2.45, 2.75) is 52.5 Å². The first-order valence-corrected chi connectivity index (χ1v) is 6.63. The predicted molar refractivity (Wildman–Crippen MR) is 71.4 cm³/mol. The second-order valence-corrected chi connectivity index (χ2v) is 5.94. The van der Waals surface area contributed by atoms with Crippen molar-refractivity contribution in [1.82, 2.24) is 9.97 Å². The number of anilines is 1. The van der Waals surface area contributed by atoms with Gasteiger partial charge in [-0.3, -0.25) is 0 Å². The van der Waals surface area contributed by atoms with Crippen LogP contribution in [-0.4, -0.2) is 16.0 Å². The summed E-state index contributed by atoms with van der Waals surface area (Å²) in [6, 6.07) is 2.28. The molecule has 1 saturated carbocycles. The van der Waals surface area contributed by atoms with E-state index >= 15 is 0 Å². The average molecular weight is 254 g/mol. The molecule has 0 spiro atoms. The Hall–Kier alpha value is -0.830. The second kappa shape index (κ2) is 4.81. The number of nitrogens with zero attached hydrogens (tertiary/aromatic N) is 2. The van der Waals surface area contributed by atoms with Crippen LogP contribution in [0.5, 0.6) is 0 Å². The number of nitrogens with one attached hydrogen (secondary N) is 1. The van der Waals surface area contributed by atoms with Gasteiger partial charge in [0.1, 0.15) is 16.8 Å². The maximum Gasteiger partial charge on any atom is 0.134 e. The van der Waals surface area contributed by atoms with Gasteiger partial charge in [0.05, 0.1) is 0 Å². The Balaban J connectivity index is 2.14. The van der Waals surface area contributed by atoms with Gasteiger partial charge in [0.25, 0.3) is 0 Å². The number of hydrogen-bond donors (Lipinski definition) is 1. The Kier molecular flexibility index (Phi) is 3.57. The zero-order valence-electron chi connectivity index (χ0n) is 10.8. The van der Waals surface area contributed by atoms with Crippen molar-refractivity contribution in [3.63, 3.8) is 0 Å². The number of hydrogen-bond acceptors (Lipinski definition) is 3. The van der Waals surface area contributed by atoms with Gasteiger partial charge in [0.2, 0.25) is 0 Å². The number of halogens is 1. The van der Waals surface area contributed by atoms with Gasteiger partial charge in [-0.2, -0.15) is 0 Å². The third-order valence-corrected chi connectivity index (χ3v) is 3.83. The minimum absolute atomic E-state index is 0.323. The smallest absolute Gasteiger partial charge is 0.134 e. The van der Waals surface area contributed by atoms with Crippen molar-refractivity contribution in [2.24, 2.45) is 5.41 Å². The highest BCUT2D eigenvalue weighted by atomic mass is 35.5. The Morgan fingerprint density at radius 2 is 2.12 bits per heavy atom. The molecule has 0 aliphatic heterocycles. The molecule has 17 heavy (non-hydrogen) atoms. The van der Waals surface area contributed by atoms with Gasteiger partial charge in [-0.1, -0.05) is 38.3 Å². The minimum Gasteiger partial charge on any atom is -0.367 e. The van der Waals surface area contributed by atoms with Crippen LogP contribution in [0, 0.1) is 12.3 Å². The van der Waals surface area contributed by atoms with Crippen molar-refractivity contribution in [1.29, 1.82) is 0 Å². The van der Waals surface area contributed by atoms with Crippen LogP contribution in [0.4, 0.5) is 5.82 Å². The SMILES string of the molecule is Cc1nc(Cl)cc(NC2CCCCC2(C)C)n1. The first kappa shape index (κ1) is 12.6. The largest absolute Gasteiger partial charge is 0.367 e. The van der Waals surface area contributed by atoms with E-state index in [4.69, 9.17) is 11.6 Å². The predicted octanol–water partition coefficient (Wildman–Crippen LogP) is 3.82. The van der Waals surface area contributed by atoms with Crippen molar-refractivity contribution in [3.05, 3.63) is 17.0 Å². The highest BCUT2D eigenvalue weighted by molar-refractivity contribution is 6.29. The number of rotatable bonds is 2. The summed E-state index contributed by atoms with van der Waals surface area (Å²) in [5.41, 5.74) is 0.323. The lowest BCUT2D eigenvalue weighted by molar-refractivity contribution is 0.216. The molecule has 0 aromatic carbocycles. The molecular weight excluding hydrogens is 234 g/mol. The molecular formula is C13H20ClN3. The van der Waals surface area contributed by atoms with Gasteiger partial charge < -0.3 is 5.32 Å². The molecule has 1 aliphatic carbocycles. The van der Waals surface area contributed by atoms with Gasteiger partial charge in [-0.15, -0.1) is 0 Å². The summed E-state index contributed by atoms with van der Waals surface area (Å²) in [5, 5.41) is 4.03. The lowest BCUT2D eigenvalue weighted by Crippen LogP contribution is -2.39. The maximum atomic E-state index is 5.95. The minimum atomic E-state index is 0.323. The zero-order valence-corrected chi connectivity index (χ0v) is 11.5. The van der Waals surface area contributed by atoms with E-state index in [9.17, 15) is 0 Å². The van der Waals surface area contributed by atoms with Crippen LogP contribution in [0.25, 0.3) is 0 Å². The number of aromatic nitrogens is 2. The Bertz CT molecular complexity index is 383. The standard InChI is InChI=1S/C13H20ClN3/c1-9-15-11(14)8-12(16-9)17-10-6-4-5-7-13(10,2)3/h8,10H,4-7H2,1-3H3,(H,15,16,17). The van der Waals surface area contributed by atoms with E-state index in [0.717, 1.165) is 5.82 Å². The van der Waals surface area contributed by atoms with Crippen LogP contribution in [0.2, 0.25) is 5.15 Å². The molecule has 3 nitrogen and oxygen atoms in total. The van der Waals surface area contributed by atoms with E-state index in [1.54, 1.807) is 6.07 Å². The normalized spacial score (nSPS) is 23.4. The third kappa shape index (κ3) is 3.09. The molecule has 94 valence electrons. The molecule has 1 unspecified atom stereocenters. The van der Waals surface area contributed by atoms with E-state index in [1.165, 1.54) is 25.7 Å². The first-order valence-electron chi connectivity index (χ1n) is 6.25.